The van der Waals surface area contributed by atoms with Gasteiger partial charge in [0.1, 0.15) is 5.82 Å². The van der Waals surface area contributed by atoms with E-state index < -0.39 is 0 Å². The minimum atomic E-state index is -0.0350. The number of hydrogen-bond donors (Lipinski definition) is 1. The van der Waals surface area contributed by atoms with Crippen LogP contribution in [0.15, 0.2) is 30.3 Å². The summed E-state index contributed by atoms with van der Waals surface area (Å²) in [5.41, 5.74) is 4.08. The molecule has 1 aromatic carbocycles. The zero-order chi connectivity index (χ0) is 23.2. The number of hydrogen-bond acceptors (Lipinski definition) is 8. The van der Waals surface area contributed by atoms with Gasteiger partial charge in [0.05, 0.1) is 49.6 Å². The molecule has 0 unspecified atom stereocenters. The Labute approximate surface area is 198 Å². The van der Waals surface area contributed by atoms with Crippen LogP contribution in [0.1, 0.15) is 29.8 Å². The van der Waals surface area contributed by atoms with Crippen LogP contribution in [0, 0.1) is 0 Å². The topological polar surface area (TPSA) is 92.7 Å². The van der Waals surface area contributed by atoms with Gasteiger partial charge in [-0.15, -0.1) is 0 Å². The number of carbonyl (C=O) groups excluding carboxylic acids is 1. The maximum absolute atomic E-state index is 12.2. The van der Waals surface area contributed by atoms with Crippen molar-refractivity contribution >= 4 is 28.7 Å². The monoisotopic (exact) mass is 460 g/mol. The van der Waals surface area contributed by atoms with Gasteiger partial charge in [-0.3, -0.25) is 4.79 Å². The highest BCUT2D eigenvalue weighted by atomic mass is 16.5. The van der Waals surface area contributed by atoms with Crippen molar-refractivity contribution in [3.8, 4) is 11.3 Å². The number of anilines is 2. The first-order chi connectivity index (χ1) is 16.6. The number of benzene rings is 1. The number of ether oxygens (including phenoxy) is 2. The van der Waals surface area contributed by atoms with E-state index >= 15 is 0 Å². The number of nitrogens with zero attached hydrogens (tertiary/aromatic N) is 5. The van der Waals surface area contributed by atoms with Crippen molar-refractivity contribution in [2.45, 2.75) is 32.5 Å². The minimum Gasteiger partial charge on any atom is -0.377 e. The van der Waals surface area contributed by atoms with Crippen molar-refractivity contribution in [3.05, 3.63) is 41.5 Å². The number of carbonyl (C=O) groups is 1. The van der Waals surface area contributed by atoms with Crippen molar-refractivity contribution in [2.75, 3.05) is 49.3 Å². The summed E-state index contributed by atoms with van der Waals surface area (Å²) in [6.07, 6.45) is 0. The van der Waals surface area contributed by atoms with Crippen molar-refractivity contribution in [1.29, 1.82) is 0 Å². The molecule has 0 saturated carbocycles. The van der Waals surface area contributed by atoms with Gasteiger partial charge < -0.3 is 24.6 Å². The lowest BCUT2D eigenvalue weighted by atomic mass is 10.0. The maximum atomic E-state index is 12.2. The van der Waals surface area contributed by atoms with Gasteiger partial charge in [0.25, 0.3) is 5.91 Å². The van der Waals surface area contributed by atoms with E-state index in [4.69, 9.17) is 24.4 Å². The Bertz CT molecular complexity index is 1260. The van der Waals surface area contributed by atoms with Crippen molar-refractivity contribution in [1.82, 2.24) is 20.3 Å². The molecule has 3 aliphatic rings. The largest absolute Gasteiger partial charge is 0.377 e. The average Bonchev–Trinajstić information content (AvgIpc) is 3.23. The summed E-state index contributed by atoms with van der Waals surface area (Å²) in [4.78, 5) is 31.6. The molecule has 5 heterocycles. The summed E-state index contributed by atoms with van der Waals surface area (Å²) < 4.78 is 11.3. The summed E-state index contributed by atoms with van der Waals surface area (Å²) in [6.45, 7) is 9.01. The van der Waals surface area contributed by atoms with Crippen LogP contribution in [0.25, 0.3) is 22.3 Å². The van der Waals surface area contributed by atoms with Crippen LogP contribution in [0.5, 0.6) is 0 Å². The van der Waals surface area contributed by atoms with E-state index in [1.807, 2.05) is 24.3 Å². The van der Waals surface area contributed by atoms with Gasteiger partial charge in [-0.05, 0) is 37.6 Å². The molecule has 2 saturated heterocycles. The van der Waals surface area contributed by atoms with Gasteiger partial charge in [-0.2, -0.15) is 9.97 Å². The third kappa shape index (κ3) is 3.65. The predicted octanol–water partition coefficient (Wildman–Crippen LogP) is 2.39. The van der Waals surface area contributed by atoms with Gasteiger partial charge in [-0.1, -0.05) is 12.1 Å². The molecule has 34 heavy (non-hydrogen) atoms. The quantitative estimate of drug-likeness (QED) is 0.637. The fourth-order valence-corrected chi connectivity index (χ4v) is 4.93. The summed E-state index contributed by atoms with van der Waals surface area (Å²) in [7, 11) is 0. The second-order valence-corrected chi connectivity index (χ2v) is 9.20. The Morgan fingerprint density at radius 1 is 0.941 bits per heavy atom. The highest BCUT2D eigenvalue weighted by molar-refractivity contribution is 5.99. The van der Waals surface area contributed by atoms with E-state index in [1.165, 1.54) is 0 Å². The first kappa shape index (κ1) is 21.2. The van der Waals surface area contributed by atoms with E-state index in [9.17, 15) is 4.79 Å². The van der Waals surface area contributed by atoms with Crippen LogP contribution in [-0.2, 0) is 16.0 Å². The Morgan fingerprint density at radius 2 is 1.71 bits per heavy atom. The molecule has 0 bridgehead atoms. The van der Waals surface area contributed by atoms with Gasteiger partial charge in [0.15, 0.2) is 5.65 Å². The van der Waals surface area contributed by atoms with E-state index in [1.54, 1.807) is 0 Å². The average molecular weight is 461 g/mol. The number of aromatic nitrogens is 3. The van der Waals surface area contributed by atoms with Crippen molar-refractivity contribution < 1.29 is 14.3 Å². The number of nitrogens with one attached hydrogen (secondary N) is 1. The summed E-state index contributed by atoms with van der Waals surface area (Å²) >= 11 is 0. The molecule has 9 nitrogen and oxygen atoms in total. The SMILES string of the molecule is C[C@H]1COCCN1c1nc(N2CCOC[C@@H]2C)c2ccc(-c3ccc4c(c3)C(=O)NC4)nc2n1. The van der Waals surface area contributed by atoms with E-state index in [0.29, 0.717) is 50.1 Å². The third-order valence-electron chi connectivity index (χ3n) is 6.88. The standard InChI is InChI=1S/C25H28N6O3/c1-15-13-33-9-7-30(15)23-19-5-6-21(17-3-4-18-12-26-24(32)20(18)11-17)27-22(19)28-25(29-23)31-8-10-34-14-16(31)2/h3-6,11,15-16H,7-10,12-14H2,1-2H3,(H,26,32)/t15-,16-/m0/s1. The first-order valence-electron chi connectivity index (χ1n) is 11.9. The Morgan fingerprint density at radius 3 is 2.47 bits per heavy atom. The van der Waals surface area contributed by atoms with E-state index in [2.05, 4.69) is 35.0 Å². The molecule has 1 amide bonds. The molecule has 2 aromatic heterocycles. The van der Waals surface area contributed by atoms with E-state index in [-0.39, 0.29) is 18.0 Å². The molecule has 176 valence electrons. The lowest BCUT2D eigenvalue weighted by molar-refractivity contribution is 0.0965. The Hall–Kier alpha value is -3.30. The predicted molar refractivity (Wildman–Crippen MR) is 129 cm³/mol. The van der Waals surface area contributed by atoms with Gasteiger partial charge in [0, 0.05) is 30.8 Å². The lowest BCUT2D eigenvalue weighted by Gasteiger charge is -2.37. The van der Waals surface area contributed by atoms with Crippen LogP contribution in [-0.4, -0.2) is 72.5 Å². The third-order valence-corrected chi connectivity index (χ3v) is 6.88. The number of rotatable bonds is 3. The molecule has 2 fully saturated rings. The van der Waals surface area contributed by atoms with E-state index in [0.717, 1.165) is 41.1 Å². The number of morpholine rings is 2. The molecule has 2 atom stereocenters. The first-order valence-corrected chi connectivity index (χ1v) is 11.9. The molecule has 0 spiro atoms. The molecule has 1 N–H and O–H groups in total. The maximum Gasteiger partial charge on any atom is 0.251 e. The summed E-state index contributed by atoms with van der Waals surface area (Å²) in [5, 5.41) is 3.80. The lowest BCUT2D eigenvalue weighted by Crippen LogP contribution is -2.46. The van der Waals surface area contributed by atoms with Gasteiger partial charge in [0.2, 0.25) is 5.95 Å². The zero-order valence-electron chi connectivity index (χ0n) is 19.5. The van der Waals surface area contributed by atoms with Gasteiger partial charge in [-0.25, -0.2) is 4.98 Å². The number of pyridine rings is 1. The Balaban J connectivity index is 1.48. The molecule has 6 rings (SSSR count). The zero-order valence-corrected chi connectivity index (χ0v) is 19.5. The van der Waals surface area contributed by atoms with Crippen LogP contribution in [0.2, 0.25) is 0 Å². The van der Waals surface area contributed by atoms with Crippen LogP contribution >= 0.6 is 0 Å². The molecule has 3 aliphatic heterocycles. The highest BCUT2D eigenvalue weighted by Gasteiger charge is 2.28. The minimum absolute atomic E-state index is 0.0350. The van der Waals surface area contributed by atoms with Crippen molar-refractivity contribution in [3.63, 3.8) is 0 Å². The Kier molecular flexibility index (Phi) is 5.30. The fourth-order valence-electron chi connectivity index (χ4n) is 4.93. The summed E-state index contributed by atoms with van der Waals surface area (Å²) in [5.74, 6) is 1.53. The highest BCUT2D eigenvalue weighted by Crippen LogP contribution is 2.32. The van der Waals surface area contributed by atoms with Crippen LogP contribution in [0.4, 0.5) is 11.8 Å². The van der Waals surface area contributed by atoms with Crippen molar-refractivity contribution in [2.24, 2.45) is 0 Å². The van der Waals surface area contributed by atoms with Crippen LogP contribution in [0.3, 0.4) is 0 Å². The molecule has 9 heteroatoms. The smallest absolute Gasteiger partial charge is 0.251 e. The molecule has 3 aromatic rings. The van der Waals surface area contributed by atoms with Crippen LogP contribution < -0.4 is 15.1 Å². The molecular weight excluding hydrogens is 432 g/mol. The second kappa shape index (κ2) is 8.48. The molecular formula is C25H28N6O3. The molecule has 0 radical (unpaired) electrons. The fraction of sp³-hybridized carbons (Fsp3) is 0.440. The number of fused-ring (bicyclic) bond motifs is 2. The normalized spacial score (nSPS) is 22.7. The van der Waals surface area contributed by atoms with Gasteiger partial charge >= 0.3 is 0 Å². The number of amides is 1. The summed E-state index contributed by atoms with van der Waals surface area (Å²) in [6, 6.07) is 10.4. The molecule has 0 aliphatic carbocycles. The second-order valence-electron chi connectivity index (χ2n) is 9.20.